The molecule has 4 rings (SSSR count). The van der Waals surface area contributed by atoms with Crippen LogP contribution >= 0.6 is 11.6 Å². The summed E-state index contributed by atoms with van der Waals surface area (Å²) in [7, 11) is 2.02. The average molecular weight is 450 g/mol. The first-order chi connectivity index (χ1) is 14.5. The number of carbonyl (C=O) groups is 2. The molecule has 1 fully saturated rings. The lowest BCUT2D eigenvalue weighted by molar-refractivity contribution is 0.00976. The molecule has 31 heavy (non-hydrogen) atoms. The van der Waals surface area contributed by atoms with Gasteiger partial charge >= 0.3 is 5.92 Å². The number of hydrogen-bond donors (Lipinski definition) is 0. The van der Waals surface area contributed by atoms with Crippen molar-refractivity contribution in [1.82, 2.24) is 14.4 Å². The first-order valence-electron chi connectivity index (χ1n) is 10.4. The lowest BCUT2D eigenvalue weighted by atomic mass is 9.81. The Kier molecular flexibility index (Phi) is 5.46. The van der Waals surface area contributed by atoms with Gasteiger partial charge in [-0.05, 0) is 62.7 Å². The Morgan fingerprint density at radius 3 is 2.35 bits per heavy atom. The standard InChI is InChI=1S/C23H26ClF2N3O2/c1-15-14-16(4-5-17(15)24)21(31)28-10-8-23(9-11-28)19-7-6-18(20(30)22(2,25)26)29(19)13-12-27(23)3/h4-7,14H,8-13H2,1-3H3. The van der Waals surface area contributed by atoms with Gasteiger partial charge in [-0.15, -0.1) is 0 Å². The summed E-state index contributed by atoms with van der Waals surface area (Å²) in [5.41, 5.74) is 2.02. The van der Waals surface area contributed by atoms with Crippen molar-refractivity contribution in [2.24, 2.45) is 0 Å². The zero-order valence-electron chi connectivity index (χ0n) is 17.9. The van der Waals surface area contributed by atoms with E-state index in [0.29, 0.717) is 56.5 Å². The van der Waals surface area contributed by atoms with Crippen molar-refractivity contribution in [3.63, 3.8) is 0 Å². The predicted octanol–water partition coefficient (Wildman–Crippen LogP) is 4.36. The number of likely N-dealkylation sites (tertiary alicyclic amines) is 1. The molecule has 166 valence electrons. The second-order valence-corrected chi connectivity index (χ2v) is 9.09. The second kappa shape index (κ2) is 7.71. The van der Waals surface area contributed by atoms with E-state index < -0.39 is 11.7 Å². The van der Waals surface area contributed by atoms with Crippen LogP contribution in [0.25, 0.3) is 0 Å². The molecule has 1 aromatic carbocycles. The number of halogens is 3. The van der Waals surface area contributed by atoms with Crippen molar-refractivity contribution in [2.75, 3.05) is 26.7 Å². The van der Waals surface area contributed by atoms with Crippen molar-refractivity contribution < 1.29 is 18.4 Å². The molecule has 0 saturated carbocycles. The van der Waals surface area contributed by atoms with E-state index in [9.17, 15) is 18.4 Å². The fourth-order valence-electron chi connectivity index (χ4n) is 4.88. The van der Waals surface area contributed by atoms with E-state index in [1.54, 1.807) is 28.8 Å². The topological polar surface area (TPSA) is 45.6 Å². The van der Waals surface area contributed by atoms with Crippen molar-refractivity contribution in [3.05, 3.63) is 57.9 Å². The number of ketones is 1. The molecule has 0 bridgehead atoms. The third-order valence-corrected chi connectivity index (χ3v) is 7.19. The molecule has 1 saturated heterocycles. The van der Waals surface area contributed by atoms with Crippen molar-refractivity contribution in [2.45, 2.75) is 44.7 Å². The summed E-state index contributed by atoms with van der Waals surface area (Å²) < 4.78 is 29.1. The third kappa shape index (κ3) is 3.68. The van der Waals surface area contributed by atoms with E-state index >= 15 is 0 Å². The van der Waals surface area contributed by atoms with Gasteiger partial charge in [0.15, 0.2) is 0 Å². The van der Waals surface area contributed by atoms with Crippen LogP contribution in [0.15, 0.2) is 30.3 Å². The van der Waals surface area contributed by atoms with E-state index in [4.69, 9.17) is 11.6 Å². The lowest BCUT2D eigenvalue weighted by Gasteiger charge is -2.50. The van der Waals surface area contributed by atoms with Gasteiger partial charge in [-0.1, -0.05) is 11.6 Å². The lowest BCUT2D eigenvalue weighted by Crippen LogP contribution is -2.56. The molecule has 8 heteroatoms. The van der Waals surface area contributed by atoms with Gasteiger partial charge in [-0.3, -0.25) is 14.5 Å². The minimum atomic E-state index is -3.40. The van der Waals surface area contributed by atoms with Crippen LogP contribution in [0.2, 0.25) is 5.02 Å². The van der Waals surface area contributed by atoms with Gasteiger partial charge in [0.25, 0.3) is 5.91 Å². The number of fused-ring (bicyclic) bond motifs is 2. The van der Waals surface area contributed by atoms with Gasteiger partial charge in [0.2, 0.25) is 5.78 Å². The Bertz CT molecular complexity index is 1040. The second-order valence-electron chi connectivity index (χ2n) is 8.68. The summed E-state index contributed by atoms with van der Waals surface area (Å²) in [5.74, 6) is -4.59. The average Bonchev–Trinajstić information content (AvgIpc) is 3.16. The number of hydrogen-bond acceptors (Lipinski definition) is 3. The molecule has 0 atom stereocenters. The highest BCUT2D eigenvalue weighted by atomic mass is 35.5. The molecule has 1 amide bonds. The van der Waals surface area contributed by atoms with Crippen LogP contribution in [0, 0.1) is 6.92 Å². The Morgan fingerprint density at radius 1 is 1.06 bits per heavy atom. The molecule has 2 aromatic rings. The monoisotopic (exact) mass is 449 g/mol. The highest BCUT2D eigenvalue weighted by Gasteiger charge is 2.46. The van der Waals surface area contributed by atoms with Gasteiger partial charge in [-0.2, -0.15) is 8.78 Å². The van der Waals surface area contributed by atoms with Gasteiger partial charge in [-0.25, -0.2) is 0 Å². The smallest absolute Gasteiger partial charge is 0.308 e. The Labute approximate surface area is 185 Å². The fourth-order valence-corrected chi connectivity index (χ4v) is 4.99. The molecule has 0 N–H and O–H groups in total. The number of amides is 1. The molecule has 0 aliphatic carbocycles. The molecule has 2 aliphatic rings. The van der Waals surface area contributed by atoms with Gasteiger partial charge < -0.3 is 9.47 Å². The minimum absolute atomic E-state index is 0.0371. The number of likely N-dealkylation sites (N-methyl/N-ethyl adjacent to an activating group) is 1. The van der Waals surface area contributed by atoms with Crippen LogP contribution in [0.3, 0.4) is 0 Å². The van der Waals surface area contributed by atoms with Crippen molar-refractivity contribution in [1.29, 1.82) is 0 Å². The predicted molar refractivity (Wildman–Crippen MR) is 115 cm³/mol. The number of carbonyl (C=O) groups excluding carboxylic acids is 2. The first kappa shape index (κ1) is 22.0. The van der Waals surface area contributed by atoms with Crippen LogP contribution in [0.4, 0.5) is 8.78 Å². The number of nitrogens with zero attached hydrogens (tertiary/aromatic N) is 3. The Morgan fingerprint density at radius 2 is 1.74 bits per heavy atom. The number of Topliss-reactive ketones (excluding diaryl/α,β-unsaturated/α-hetero) is 1. The molecule has 0 unspecified atom stereocenters. The Hall–Kier alpha value is -2.25. The van der Waals surface area contributed by atoms with E-state index in [1.807, 2.05) is 18.9 Å². The summed E-state index contributed by atoms with van der Waals surface area (Å²) in [6.45, 7) is 4.75. The van der Waals surface area contributed by atoms with Crippen LogP contribution < -0.4 is 0 Å². The molecule has 1 spiro atoms. The zero-order valence-corrected chi connectivity index (χ0v) is 18.7. The highest BCUT2D eigenvalue weighted by molar-refractivity contribution is 6.31. The molecule has 5 nitrogen and oxygen atoms in total. The van der Waals surface area contributed by atoms with Gasteiger partial charge in [0, 0.05) is 49.4 Å². The number of alkyl halides is 2. The number of rotatable bonds is 3. The van der Waals surface area contributed by atoms with E-state index in [1.165, 1.54) is 6.07 Å². The Balaban J connectivity index is 1.58. The molecular weight excluding hydrogens is 424 g/mol. The summed E-state index contributed by atoms with van der Waals surface area (Å²) in [5, 5.41) is 0.627. The van der Waals surface area contributed by atoms with E-state index in [2.05, 4.69) is 4.90 Å². The number of piperidine rings is 1. The summed E-state index contributed by atoms with van der Waals surface area (Å²) >= 11 is 6.08. The molecule has 2 aliphatic heterocycles. The maximum Gasteiger partial charge on any atom is 0.308 e. The van der Waals surface area contributed by atoms with Crippen molar-refractivity contribution >= 4 is 23.3 Å². The van der Waals surface area contributed by atoms with E-state index in [0.717, 1.165) is 11.3 Å². The first-order valence-corrected chi connectivity index (χ1v) is 10.8. The van der Waals surface area contributed by atoms with Crippen molar-refractivity contribution in [3.8, 4) is 0 Å². The van der Waals surface area contributed by atoms with Crippen LogP contribution in [0.1, 0.15) is 51.9 Å². The van der Waals surface area contributed by atoms with Crippen LogP contribution in [0.5, 0.6) is 0 Å². The molecule has 0 radical (unpaired) electrons. The largest absolute Gasteiger partial charge is 0.339 e. The summed E-state index contributed by atoms with van der Waals surface area (Å²) in [6, 6.07) is 8.59. The fraction of sp³-hybridized carbons (Fsp3) is 0.478. The van der Waals surface area contributed by atoms with E-state index in [-0.39, 0.29) is 17.1 Å². The van der Waals surface area contributed by atoms with Gasteiger partial charge in [0.1, 0.15) is 0 Å². The summed E-state index contributed by atoms with van der Waals surface area (Å²) in [4.78, 5) is 29.3. The maximum atomic E-state index is 13.7. The zero-order chi connectivity index (χ0) is 22.6. The van der Waals surface area contributed by atoms with Crippen LogP contribution in [-0.4, -0.2) is 58.7 Å². The number of aryl methyl sites for hydroxylation is 1. The minimum Gasteiger partial charge on any atom is -0.339 e. The van der Waals surface area contributed by atoms with Gasteiger partial charge in [0.05, 0.1) is 11.2 Å². The quantitative estimate of drug-likeness (QED) is 0.654. The highest BCUT2D eigenvalue weighted by Crippen LogP contribution is 2.42. The SMILES string of the molecule is Cc1cc(C(=O)N2CCC3(CC2)c2ccc(C(=O)C(C)(F)F)n2CCN3C)ccc1Cl. The normalized spacial score (nSPS) is 18.8. The summed E-state index contributed by atoms with van der Waals surface area (Å²) in [6.07, 6.45) is 1.34. The molecule has 3 heterocycles. The maximum absolute atomic E-state index is 13.7. The third-order valence-electron chi connectivity index (χ3n) is 6.76. The molecular formula is C23H26ClF2N3O2. The molecule has 1 aromatic heterocycles. The number of aromatic nitrogens is 1. The number of benzene rings is 1. The van der Waals surface area contributed by atoms with Crippen LogP contribution in [-0.2, 0) is 12.1 Å².